The Balaban J connectivity index is 1.54. The fraction of sp³-hybridized carbons (Fsp3) is 0.472. The average Bonchev–Trinajstić information content (AvgIpc) is 3.58. The number of pyridine rings is 1. The summed E-state index contributed by atoms with van der Waals surface area (Å²) < 4.78 is 112. The Morgan fingerprint density at radius 3 is 2.22 bits per heavy atom. The van der Waals surface area contributed by atoms with E-state index >= 15 is 0 Å². The molecule has 1 atom stereocenters. The van der Waals surface area contributed by atoms with Crippen molar-refractivity contribution in [3.63, 3.8) is 0 Å². The Hall–Kier alpha value is -4.14. The molecule has 0 spiro atoms. The summed E-state index contributed by atoms with van der Waals surface area (Å²) in [5.74, 6) is 1.12. The highest BCUT2D eigenvalue weighted by molar-refractivity contribution is 7.90. The second-order valence-corrected chi connectivity index (χ2v) is 15.5. The van der Waals surface area contributed by atoms with Crippen molar-refractivity contribution < 1.29 is 39.5 Å². The summed E-state index contributed by atoms with van der Waals surface area (Å²) in [4.78, 5) is 15.1. The van der Waals surface area contributed by atoms with E-state index < -0.39 is 39.4 Å². The Bertz CT molecular complexity index is 1880. The largest absolute Gasteiger partial charge is 0.489 e. The molecule has 51 heavy (non-hydrogen) atoms. The van der Waals surface area contributed by atoms with Crippen molar-refractivity contribution in [2.24, 2.45) is 5.92 Å². The van der Waals surface area contributed by atoms with Crippen LogP contribution in [0.1, 0.15) is 79.3 Å². The van der Waals surface area contributed by atoms with Gasteiger partial charge in [-0.3, -0.25) is 0 Å². The first-order chi connectivity index (χ1) is 24.0. The van der Waals surface area contributed by atoms with Gasteiger partial charge in [0.25, 0.3) is 0 Å². The fourth-order valence-corrected chi connectivity index (χ4v) is 6.70. The molecule has 1 fully saturated rings. The minimum Gasteiger partial charge on any atom is -0.489 e. The Morgan fingerprint density at radius 2 is 1.61 bits per heavy atom. The number of halogens is 6. The number of rotatable bonds is 14. The van der Waals surface area contributed by atoms with Gasteiger partial charge in [0.05, 0.1) is 47.4 Å². The van der Waals surface area contributed by atoms with Crippen LogP contribution in [-0.2, 0) is 28.7 Å². The van der Waals surface area contributed by atoms with Crippen LogP contribution in [0, 0.1) is 12.8 Å². The minimum absolute atomic E-state index is 0.000422. The van der Waals surface area contributed by atoms with E-state index in [1.54, 1.807) is 0 Å². The summed E-state index contributed by atoms with van der Waals surface area (Å²) >= 11 is 0. The molecule has 8 nitrogen and oxygen atoms in total. The lowest BCUT2D eigenvalue weighted by atomic mass is 9.99. The third kappa shape index (κ3) is 10.5. The van der Waals surface area contributed by atoms with Gasteiger partial charge in [-0.15, -0.1) is 0 Å². The van der Waals surface area contributed by atoms with Gasteiger partial charge in [0.1, 0.15) is 12.4 Å². The van der Waals surface area contributed by atoms with E-state index in [9.17, 15) is 34.8 Å². The molecule has 4 aromatic rings. The van der Waals surface area contributed by atoms with Gasteiger partial charge in [-0.1, -0.05) is 37.3 Å². The summed E-state index contributed by atoms with van der Waals surface area (Å²) in [7, 11) is -3.30. The van der Waals surface area contributed by atoms with Crippen molar-refractivity contribution in [1.29, 1.82) is 0 Å². The molecule has 1 aliphatic rings. The summed E-state index contributed by atoms with van der Waals surface area (Å²) in [6.45, 7) is 3.85. The molecule has 5 rings (SSSR count). The van der Waals surface area contributed by atoms with Crippen molar-refractivity contribution in [1.82, 2.24) is 15.0 Å². The number of hydrogen-bond acceptors (Lipinski definition) is 8. The summed E-state index contributed by atoms with van der Waals surface area (Å²) in [5, 5.41) is 4.25. The van der Waals surface area contributed by atoms with Crippen molar-refractivity contribution in [3.8, 4) is 5.75 Å². The van der Waals surface area contributed by atoms with Gasteiger partial charge in [-0.25, -0.2) is 23.4 Å². The smallest absolute Gasteiger partial charge is 0.416 e. The maximum Gasteiger partial charge on any atom is 0.416 e. The first-order valence-electron chi connectivity index (χ1n) is 16.8. The van der Waals surface area contributed by atoms with E-state index in [2.05, 4.69) is 15.3 Å². The molecule has 0 aliphatic heterocycles. The SMILES string of the molecule is Cc1ccc2nc(NCCCC3CCCC3)c(CN(c3ncc(OCCS(C)(=O)=O)cn3)C(C)c3cc(C(F)(F)F)cc(C(F)(F)F)c3)cc2c1. The zero-order valence-electron chi connectivity index (χ0n) is 28.6. The van der Waals surface area contributed by atoms with Crippen molar-refractivity contribution in [2.45, 2.75) is 77.3 Å². The van der Waals surface area contributed by atoms with Gasteiger partial charge in [-0.05, 0) is 74.6 Å². The van der Waals surface area contributed by atoms with Crippen LogP contribution in [0.15, 0.2) is 54.9 Å². The number of aromatic nitrogens is 3. The van der Waals surface area contributed by atoms with Crippen LogP contribution in [0.25, 0.3) is 10.9 Å². The number of nitrogens with zero attached hydrogens (tertiary/aromatic N) is 4. The van der Waals surface area contributed by atoms with Gasteiger partial charge in [0, 0.05) is 23.8 Å². The van der Waals surface area contributed by atoms with Gasteiger partial charge in [-0.2, -0.15) is 26.3 Å². The lowest BCUT2D eigenvalue weighted by molar-refractivity contribution is -0.143. The molecule has 1 aliphatic carbocycles. The monoisotopic (exact) mass is 737 g/mol. The molecular formula is C36H41F6N5O3S. The van der Waals surface area contributed by atoms with E-state index in [1.165, 1.54) is 49.9 Å². The van der Waals surface area contributed by atoms with Crippen LogP contribution in [0.5, 0.6) is 5.75 Å². The molecule has 2 aromatic heterocycles. The standard InChI is InChI=1S/C36H41F6N5O3S/c1-23-10-11-32-27(15-23)16-28(33(46-32)43-12-6-9-25-7-4-5-8-25)22-47(34-44-20-31(21-45-34)50-13-14-51(3,48)49)24(2)26-17-29(35(37,38)39)19-30(18-26)36(40,41)42/h10-11,15-21,24-25H,4-9,12-14,22H2,1-3H3,(H,43,46). The highest BCUT2D eigenvalue weighted by Crippen LogP contribution is 2.39. The molecule has 2 heterocycles. The van der Waals surface area contributed by atoms with E-state index in [0.717, 1.165) is 35.6 Å². The second kappa shape index (κ2) is 15.6. The molecular weight excluding hydrogens is 696 g/mol. The highest BCUT2D eigenvalue weighted by Gasteiger charge is 2.38. The van der Waals surface area contributed by atoms with E-state index in [-0.39, 0.29) is 42.2 Å². The molecule has 1 saturated carbocycles. The number of nitrogens with one attached hydrogen (secondary N) is 1. The number of benzene rings is 2. The molecule has 276 valence electrons. The number of aryl methyl sites for hydroxylation is 1. The maximum atomic E-state index is 13.9. The van der Waals surface area contributed by atoms with Crippen molar-refractivity contribution in [2.75, 3.05) is 35.4 Å². The summed E-state index contributed by atoms with van der Waals surface area (Å²) in [5.41, 5.74) is -0.756. The number of alkyl halides is 6. The number of hydrogen-bond donors (Lipinski definition) is 1. The Labute approximate surface area is 293 Å². The van der Waals surface area contributed by atoms with Crippen molar-refractivity contribution >= 4 is 32.5 Å². The zero-order chi connectivity index (χ0) is 37.0. The molecule has 15 heteroatoms. The number of fused-ring (bicyclic) bond motifs is 1. The molecule has 0 saturated heterocycles. The second-order valence-electron chi connectivity index (χ2n) is 13.3. The Morgan fingerprint density at radius 1 is 0.961 bits per heavy atom. The number of anilines is 2. The van der Waals surface area contributed by atoms with Crippen LogP contribution in [0.4, 0.5) is 38.1 Å². The molecule has 1 unspecified atom stereocenters. The third-order valence-electron chi connectivity index (χ3n) is 9.10. The quantitative estimate of drug-likeness (QED) is 0.101. The predicted molar refractivity (Wildman–Crippen MR) is 184 cm³/mol. The minimum atomic E-state index is -5.03. The van der Waals surface area contributed by atoms with Gasteiger partial charge < -0.3 is 15.0 Å². The van der Waals surface area contributed by atoms with Gasteiger partial charge in [0.15, 0.2) is 15.6 Å². The van der Waals surface area contributed by atoms with Crippen LogP contribution in [0.2, 0.25) is 0 Å². The maximum absolute atomic E-state index is 13.9. The van der Waals surface area contributed by atoms with Gasteiger partial charge in [0.2, 0.25) is 5.95 Å². The summed E-state index contributed by atoms with van der Waals surface area (Å²) in [6.07, 6.45) is 0.474. The van der Waals surface area contributed by atoms with Crippen LogP contribution in [-0.4, -0.2) is 48.5 Å². The molecule has 0 amide bonds. The van der Waals surface area contributed by atoms with Gasteiger partial charge >= 0.3 is 12.4 Å². The first-order valence-corrected chi connectivity index (χ1v) is 18.8. The summed E-state index contributed by atoms with van der Waals surface area (Å²) in [6, 6.07) is 8.12. The number of ether oxygens (including phenoxy) is 1. The fourth-order valence-electron chi connectivity index (χ4n) is 6.32. The molecule has 2 aromatic carbocycles. The van der Waals surface area contributed by atoms with E-state index in [1.807, 2.05) is 31.2 Å². The molecule has 0 radical (unpaired) electrons. The number of sulfone groups is 1. The van der Waals surface area contributed by atoms with Crippen LogP contribution in [0.3, 0.4) is 0 Å². The average molecular weight is 738 g/mol. The van der Waals surface area contributed by atoms with Crippen LogP contribution < -0.4 is 15.0 Å². The van der Waals surface area contributed by atoms with E-state index in [4.69, 9.17) is 9.72 Å². The first kappa shape index (κ1) is 38.1. The van der Waals surface area contributed by atoms with Crippen LogP contribution >= 0.6 is 0 Å². The normalized spacial score (nSPS) is 14.9. The topological polar surface area (TPSA) is 97.3 Å². The van der Waals surface area contributed by atoms with E-state index in [0.29, 0.717) is 36.0 Å². The molecule has 1 N–H and O–H groups in total. The molecule has 0 bridgehead atoms. The van der Waals surface area contributed by atoms with Crippen molar-refractivity contribution in [3.05, 3.63) is 82.7 Å². The Kier molecular flexibility index (Phi) is 11.7. The predicted octanol–water partition coefficient (Wildman–Crippen LogP) is 8.94. The lowest BCUT2D eigenvalue weighted by Gasteiger charge is -2.31. The lowest BCUT2D eigenvalue weighted by Crippen LogP contribution is -2.29. The highest BCUT2D eigenvalue weighted by atomic mass is 32.2. The zero-order valence-corrected chi connectivity index (χ0v) is 29.4. The third-order valence-corrected chi connectivity index (χ3v) is 10.0.